The summed E-state index contributed by atoms with van der Waals surface area (Å²) in [7, 11) is 0. The number of carbonyl (C=O) groups excluding carboxylic acids is 1. The van der Waals surface area contributed by atoms with Crippen LogP contribution in [0.25, 0.3) is 0 Å². The van der Waals surface area contributed by atoms with Gasteiger partial charge in [-0.1, -0.05) is 27.5 Å². The fourth-order valence-electron chi connectivity index (χ4n) is 2.57. The highest BCUT2D eigenvalue weighted by atomic mass is 79.9. The number of hydrogen-bond donors (Lipinski definition) is 3. The maximum atomic E-state index is 12.5. The average molecular weight is 340 g/mol. The van der Waals surface area contributed by atoms with Gasteiger partial charge in [0.05, 0.1) is 0 Å². The van der Waals surface area contributed by atoms with Crippen molar-refractivity contribution in [3.8, 4) is 0 Å². The van der Waals surface area contributed by atoms with E-state index in [9.17, 15) is 4.79 Å². The van der Waals surface area contributed by atoms with Gasteiger partial charge < -0.3 is 16.3 Å². The second-order valence-corrected chi connectivity index (χ2v) is 6.21. The Kier molecular flexibility index (Phi) is 4.04. The number of amidine groups is 1. The molecule has 0 atom stereocenters. The zero-order chi connectivity index (χ0) is 14.9. The van der Waals surface area contributed by atoms with Gasteiger partial charge >= 0.3 is 0 Å². The Bertz CT molecular complexity index is 557. The Hall–Kier alpha value is -1.56. The van der Waals surface area contributed by atoms with E-state index in [-0.39, 0.29) is 11.7 Å². The number of halogens is 1. The number of rotatable bonds is 3. The van der Waals surface area contributed by atoms with E-state index in [2.05, 4.69) is 26.4 Å². The molecule has 6 heteroatoms. The Labute approximate surface area is 126 Å². The van der Waals surface area contributed by atoms with Crippen molar-refractivity contribution in [1.82, 2.24) is 0 Å². The number of nitrogens with two attached hydrogens (primary N) is 1. The third-order valence-electron chi connectivity index (χ3n) is 3.98. The SMILES string of the molecule is Cc1cc(Br)cc(C)c1NC(=O)C1(/C(N)=N/O)CCC1. The lowest BCUT2D eigenvalue weighted by molar-refractivity contribution is -0.125. The monoisotopic (exact) mass is 339 g/mol. The molecule has 1 saturated carbocycles. The zero-order valence-electron chi connectivity index (χ0n) is 11.5. The van der Waals surface area contributed by atoms with Gasteiger partial charge in [-0.3, -0.25) is 4.79 Å². The summed E-state index contributed by atoms with van der Waals surface area (Å²) in [6.45, 7) is 3.87. The van der Waals surface area contributed by atoms with Gasteiger partial charge in [-0.25, -0.2) is 0 Å². The van der Waals surface area contributed by atoms with Gasteiger partial charge in [0, 0.05) is 10.2 Å². The van der Waals surface area contributed by atoms with E-state index in [1.54, 1.807) is 0 Å². The minimum atomic E-state index is -0.860. The van der Waals surface area contributed by atoms with Crippen LogP contribution in [0.15, 0.2) is 21.8 Å². The summed E-state index contributed by atoms with van der Waals surface area (Å²) in [6, 6.07) is 3.89. The fraction of sp³-hybridized carbons (Fsp3) is 0.429. The highest BCUT2D eigenvalue weighted by Crippen LogP contribution is 2.42. The quantitative estimate of drug-likeness (QED) is 0.342. The van der Waals surface area contributed by atoms with Crippen molar-refractivity contribution in [1.29, 1.82) is 0 Å². The van der Waals surface area contributed by atoms with Crippen LogP contribution in [-0.2, 0) is 4.79 Å². The third-order valence-corrected chi connectivity index (χ3v) is 4.43. The maximum Gasteiger partial charge on any atom is 0.238 e. The number of anilines is 1. The van der Waals surface area contributed by atoms with Gasteiger partial charge in [0.25, 0.3) is 0 Å². The van der Waals surface area contributed by atoms with Crippen LogP contribution in [0.3, 0.4) is 0 Å². The molecule has 2 rings (SSSR count). The van der Waals surface area contributed by atoms with Crippen LogP contribution in [0.5, 0.6) is 0 Å². The molecule has 20 heavy (non-hydrogen) atoms. The summed E-state index contributed by atoms with van der Waals surface area (Å²) in [5, 5.41) is 14.8. The fourth-order valence-corrected chi connectivity index (χ4v) is 3.25. The molecule has 0 aliphatic heterocycles. The second-order valence-electron chi connectivity index (χ2n) is 5.29. The standard InChI is InChI=1S/C14H18BrN3O2/c1-8-6-10(15)7-9(2)11(8)17-13(19)14(4-3-5-14)12(16)18-20/h6-7,20H,3-5H2,1-2H3,(H2,16,18)(H,17,19). The summed E-state index contributed by atoms with van der Waals surface area (Å²) in [6.07, 6.45) is 2.13. The molecule has 0 spiro atoms. The van der Waals surface area contributed by atoms with E-state index in [1.165, 1.54) is 0 Å². The summed E-state index contributed by atoms with van der Waals surface area (Å²) >= 11 is 3.43. The molecule has 108 valence electrons. The molecule has 5 nitrogen and oxygen atoms in total. The van der Waals surface area contributed by atoms with Crippen molar-refractivity contribution in [3.05, 3.63) is 27.7 Å². The zero-order valence-corrected chi connectivity index (χ0v) is 13.1. The highest BCUT2D eigenvalue weighted by Gasteiger charge is 2.48. The van der Waals surface area contributed by atoms with Crippen LogP contribution in [0, 0.1) is 19.3 Å². The van der Waals surface area contributed by atoms with E-state index in [4.69, 9.17) is 10.9 Å². The molecule has 0 heterocycles. The average Bonchev–Trinajstić information content (AvgIpc) is 2.32. The summed E-state index contributed by atoms with van der Waals surface area (Å²) < 4.78 is 0.972. The van der Waals surface area contributed by atoms with Gasteiger partial charge in [0.15, 0.2) is 5.84 Å². The number of aryl methyl sites for hydroxylation is 2. The summed E-state index contributed by atoms with van der Waals surface area (Å²) in [4.78, 5) is 12.5. The molecule has 1 amide bonds. The Morgan fingerprint density at radius 1 is 1.40 bits per heavy atom. The molecular weight excluding hydrogens is 322 g/mol. The van der Waals surface area contributed by atoms with E-state index in [0.29, 0.717) is 12.8 Å². The Morgan fingerprint density at radius 2 is 1.95 bits per heavy atom. The summed E-state index contributed by atoms with van der Waals surface area (Å²) in [5.41, 5.74) is 7.57. The molecule has 1 fully saturated rings. The molecule has 0 aromatic heterocycles. The van der Waals surface area contributed by atoms with Crippen LogP contribution < -0.4 is 11.1 Å². The normalized spacial score (nSPS) is 17.4. The third kappa shape index (κ3) is 2.40. The minimum Gasteiger partial charge on any atom is -0.409 e. The van der Waals surface area contributed by atoms with Crippen molar-refractivity contribution in [3.63, 3.8) is 0 Å². The number of nitrogens with zero attached hydrogens (tertiary/aromatic N) is 1. The molecule has 0 radical (unpaired) electrons. The van der Waals surface area contributed by atoms with Crippen molar-refractivity contribution in [2.75, 3.05) is 5.32 Å². The van der Waals surface area contributed by atoms with E-state index in [0.717, 1.165) is 27.7 Å². The first-order valence-corrected chi connectivity index (χ1v) is 7.26. The van der Waals surface area contributed by atoms with Crippen LogP contribution in [-0.4, -0.2) is 17.0 Å². The lowest BCUT2D eigenvalue weighted by Gasteiger charge is -2.38. The van der Waals surface area contributed by atoms with Gasteiger partial charge in [0.1, 0.15) is 5.41 Å². The van der Waals surface area contributed by atoms with Gasteiger partial charge in [0.2, 0.25) is 5.91 Å². The largest absolute Gasteiger partial charge is 0.409 e. The number of oxime groups is 1. The number of benzene rings is 1. The molecule has 1 aromatic carbocycles. The number of hydrogen-bond acceptors (Lipinski definition) is 3. The number of amides is 1. The predicted octanol–water partition coefficient (Wildman–Crippen LogP) is 2.92. The first-order valence-electron chi connectivity index (χ1n) is 6.47. The van der Waals surface area contributed by atoms with E-state index >= 15 is 0 Å². The Balaban J connectivity index is 2.29. The molecule has 1 aromatic rings. The first-order chi connectivity index (χ1) is 9.40. The second kappa shape index (κ2) is 5.44. The lowest BCUT2D eigenvalue weighted by Crippen LogP contribution is -2.51. The molecule has 4 N–H and O–H groups in total. The van der Waals surface area contributed by atoms with Crippen molar-refractivity contribution in [2.45, 2.75) is 33.1 Å². The van der Waals surface area contributed by atoms with Crippen LogP contribution in [0.4, 0.5) is 5.69 Å². The Morgan fingerprint density at radius 3 is 2.35 bits per heavy atom. The van der Waals surface area contributed by atoms with Crippen molar-refractivity contribution in [2.24, 2.45) is 16.3 Å². The van der Waals surface area contributed by atoms with Crippen LogP contribution in [0.1, 0.15) is 30.4 Å². The van der Waals surface area contributed by atoms with Crippen molar-refractivity contribution >= 4 is 33.4 Å². The smallest absolute Gasteiger partial charge is 0.238 e. The van der Waals surface area contributed by atoms with Gasteiger partial charge in [-0.15, -0.1) is 0 Å². The van der Waals surface area contributed by atoms with E-state index < -0.39 is 5.41 Å². The minimum absolute atomic E-state index is 0.00586. The molecule has 1 aliphatic rings. The molecule has 1 aliphatic carbocycles. The predicted molar refractivity (Wildman–Crippen MR) is 81.9 cm³/mol. The molecule has 0 unspecified atom stereocenters. The molecule has 0 saturated heterocycles. The number of carbonyl (C=O) groups is 1. The summed E-state index contributed by atoms with van der Waals surface area (Å²) in [5.74, 6) is -0.207. The van der Waals surface area contributed by atoms with Crippen LogP contribution >= 0.6 is 15.9 Å². The topological polar surface area (TPSA) is 87.7 Å². The van der Waals surface area contributed by atoms with Gasteiger partial charge in [-0.2, -0.15) is 0 Å². The van der Waals surface area contributed by atoms with Crippen molar-refractivity contribution < 1.29 is 10.0 Å². The first kappa shape index (κ1) is 14.8. The molecule has 0 bridgehead atoms. The van der Waals surface area contributed by atoms with Gasteiger partial charge in [-0.05, 0) is 49.9 Å². The van der Waals surface area contributed by atoms with E-state index in [1.807, 2.05) is 26.0 Å². The van der Waals surface area contributed by atoms with Crippen LogP contribution in [0.2, 0.25) is 0 Å². The molecular formula is C14H18BrN3O2. The number of nitrogens with one attached hydrogen (secondary N) is 1. The highest BCUT2D eigenvalue weighted by molar-refractivity contribution is 9.10. The maximum absolute atomic E-state index is 12.5. The lowest BCUT2D eigenvalue weighted by atomic mass is 9.67.